The lowest BCUT2D eigenvalue weighted by Crippen LogP contribution is -2.49. The normalized spacial score (nSPS) is 26.7. The highest BCUT2D eigenvalue weighted by Crippen LogP contribution is 2.58. The van der Waals surface area contributed by atoms with Crippen LogP contribution in [0, 0.1) is 23.2 Å². The van der Waals surface area contributed by atoms with E-state index in [1.165, 1.54) is 36.9 Å². The highest BCUT2D eigenvalue weighted by atomic mass is 16.6. The van der Waals surface area contributed by atoms with Gasteiger partial charge < -0.3 is 30.3 Å². The smallest absolute Gasteiger partial charge is 0.407 e. The Labute approximate surface area is 297 Å². The highest BCUT2D eigenvalue weighted by molar-refractivity contribution is 5.82. The molecule has 7 rings (SSSR count). The van der Waals surface area contributed by atoms with Crippen LogP contribution in [0.5, 0.6) is 0 Å². The van der Waals surface area contributed by atoms with Crippen LogP contribution in [0.2, 0.25) is 0 Å². The van der Waals surface area contributed by atoms with Gasteiger partial charge in [-0.15, -0.1) is 0 Å². The Morgan fingerprint density at radius 3 is 2.70 bits per heavy atom. The highest BCUT2D eigenvalue weighted by Gasteiger charge is 2.50. The Morgan fingerprint density at radius 2 is 1.90 bits per heavy atom. The third-order valence-corrected chi connectivity index (χ3v) is 12.0. The topological polar surface area (TPSA) is 131 Å². The minimum Gasteiger partial charge on any atom is -0.458 e. The maximum Gasteiger partial charge on any atom is 0.407 e. The molecular weight excluding hydrogens is 630 g/mol. The molecule has 4 heterocycles. The molecule has 11 nitrogen and oxygen atoms in total. The van der Waals surface area contributed by atoms with Gasteiger partial charge in [0, 0.05) is 48.8 Å². The summed E-state index contributed by atoms with van der Waals surface area (Å²) in [6.07, 6.45) is 14.6. The van der Waals surface area contributed by atoms with Gasteiger partial charge in [0.05, 0.1) is 6.61 Å². The van der Waals surface area contributed by atoms with Crippen LogP contribution in [0.15, 0.2) is 18.5 Å². The summed E-state index contributed by atoms with van der Waals surface area (Å²) in [4.78, 5) is 43.3. The van der Waals surface area contributed by atoms with Gasteiger partial charge in [-0.3, -0.25) is 0 Å². The average molecular weight is 688 g/mol. The Balaban J connectivity index is 0.986. The lowest BCUT2D eigenvalue weighted by Gasteiger charge is -2.39. The minimum atomic E-state index is -0.947. The van der Waals surface area contributed by atoms with Gasteiger partial charge in [0.15, 0.2) is 0 Å². The van der Waals surface area contributed by atoms with E-state index in [1.807, 2.05) is 20.8 Å². The van der Waals surface area contributed by atoms with Crippen LogP contribution in [0.3, 0.4) is 0 Å². The zero-order valence-electron chi connectivity index (χ0n) is 30.6. The molecule has 5 atom stereocenters. The number of carbonyl (C=O) groups excluding carboxylic acids is 2. The van der Waals surface area contributed by atoms with Crippen LogP contribution in [0.25, 0.3) is 0 Å². The Morgan fingerprint density at radius 1 is 1.08 bits per heavy atom. The summed E-state index contributed by atoms with van der Waals surface area (Å²) in [5.74, 6) is 4.95. The number of alkyl carbamates (subject to hydrolysis) is 1. The fourth-order valence-corrected chi connectivity index (χ4v) is 9.77. The van der Waals surface area contributed by atoms with E-state index in [4.69, 9.17) is 19.4 Å². The molecule has 2 aromatic rings. The van der Waals surface area contributed by atoms with E-state index in [-0.39, 0.29) is 12.0 Å². The molecule has 4 unspecified atom stereocenters. The molecule has 2 aliphatic heterocycles. The number of nitrogens with zero attached hydrogens (tertiary/aromatic N) is 4. The lowest BCUT2D eigenvalue weighted by molar-refractivity contribution is -0.156. The zero-order valence-corrected chi connectivity index (χ0v) is 30.6. The predicted molar refractivity (Wildman–Crippen MR) is 194 cm³/mol. The Kier molecular flexibility index (Phi) is 10.1. The van der Waals surface area contributed by atoms with E-state index in [1.54, 1.807) is 6.33 Å². The number of aryl methyl sites for hydroxylation is 1. The first-order valence-corrected chi connectivity index (χ1v) is 19.3. The van der Waals surface area contributed by atoms with Crippen molar-refractivity contribution in [2.75, 3.05) is 48.3 Å². The molecule has 4 fully saturated rings. The number of anilines is 3. The second-order valence-corrected chi connectivity index (χ2v) is 16.8. The summed E-state index contributed by atoms with van der Waals surface area (Å²) in [5, 5.41) is 9.70. The van der Waals surface area contributed by atoms with Crippen molar-refractivity contribution in [1.82, 2.24) is 20.3 Å². The maximum atomic E-state index is 13.4. The van der Waals surface area contributed by atoms with Crippen molar-refractivity contribution < 1.29 is 19.1 Å². The molecule has 2 aromatic heterocycles. The quantitative estimate of drug-likeness (QED) is 0.234. The maximum absolute atomic E-state index is 13.4. The van der Waals surface area contributed by atoms with E-state index < -0.39 is 23.7 Å². The number of hydrogen-bond donors (Lipinski definition) is 3. The summed E-state index contributed by atoms with van der Waals surface area (Å²) in [6, 6.07) is 3.51. The molecule has 3 N–H and O–H groups in total. The second kappa shape index (κ2) is 14.5. The molecular formula is C39H57N7O4. The largest absolute Gasteiger partial charge is 0.458 e. The number of fused-ring (bicyclic) bond motifs is 3. The first-order valence-electron chi connectivity index (χ1n) is 19.3. The summed E-state index contributed by atoms with van der Waals surface area (Å²) in [7, 11) is 0. The minimum absolute atomic E-state index is 0.0753. The molecule has 5 aliphatic rings. The van der Waals surface area contributed by atoms with Gasteiger partial charge in [0.25, 0.3) is 0 Å². The van der Waals surface area contributed by atoms with Gasteiger partial charge in [-0.1, -0.05) is 25.8 Å². The number of amides is 1. The number of aromatic nitrogens is 3. The van der Waals surface area contributed by atoms with Gasteiger partial charge in [0.1, 0.15) is 35.4 Å². The van der Waals surface area contributed by atoms with Crippen molar-refractivity contribution in [1.29, 1.82) is 0 Å². The van der Waals surface area contributed by atoms with Gasteiger partial charge in [0.2, 0.25) is 0 Å². The van der Waals surface area contributed by atoms with E-state index in [2.05, 4.69) is 44.9 Å². The molecule has 1 saturated heterocycles. The fraction of sp³-hybridized carbons (Fsp3) is 0.718. The molecule has 3 saturated carbocycles. The van der Waals surface area contributed by atoms with Gasteiger partial charge in [-0.05, 0) is 114 Å². The number of ether oxygens (including phenoxy) is 2. The average Bonchev–Trinajstić information content (AvgIpc) is 3.33. The van der Waals surface area contributed by atoms with E-state index in [0.717, 1.165) is 99.5 Å². The summed E-state index contributed by atoms with van der Waals surface area (Å²) in [5.41, 5.74) is 2.86. The number of carbonyl (C=O) groups is 2. The van der Waals surface area contributed by atoms with E-state index >= 15 is 0 Å². The molecule has 0 radical (unpaired) electrons. The number of pyridine rings is 1. The molecule has 0 spiro atoms. The number of rotatable bonds is 10. The van der Waals surface area contributed by atoms with Gasteiger partial charge in [-0.25, -0.2) is 24.5 Å². The second-order valence-electron chi connectivity index (χ2n) is 16.8. The fourth-order valence-electron chi connectivity index (χ4n) is 9.77. The summed E-state index contributed by atoms with van der Waals surface area (Å²) in [6.45, 7) is 10.9. The van der Waals surface area contributed by atoms with Crippen molar-refractivity contribution in [2.45, 2.75) is 122 Å². The number of hydrogen-bond acceptors (Lipinski definition) is 10. The van der Waals surface area contributed by atoms with Crippen LogP contribution in [-0.2, 0) is 27.1 Å². The molecule has 50 heavy (non-hydrogen) atoms. The van der Waals surface area contributed by atoms with E-state index in [9.17, 15) is 9.59 Å². The molecule has 272 valence electrons. The van der Waals surface area contributed by atoms with Crippen molar-refractivity contribution in [3.05, 3.63) is 35.3 Å². The zero-order chi connectivity index (χ0) is 34.9. The van der Waals surface area contributed by atoms with Crippen molar-refractivity contribution >= 4 is 29.5 Å². The summed E-state index contributed by atoms with van der Waals surface area (Å²) >= 11 is 0. The first-order chi connectivity index (χ1) is 24.1. The molecule has 1 amide bonds. The molecule has 11 heteroatoms. The van der Waals surface area contributed by atoms with Crippen LogP contribution in [-0.4, -0.2) is 71.4 Å². The van der Waals surface area contributed by atoms with Crippen LogP contribution < -0.4 is 20.9 Å². The van der Waals surface area contributed by atoms with Gasteiger partial charge >= 0.3 is 12.1 Å². The lowest BCUT2D eigenvalue weighted by atomic mass is 9.68. The molecule has 0 aromatic carbocycles. The SMILES string of the molecule is CCc1c(NC[C@H](NC(=O)OCC23CCCC4CC(CC4C2)C3)C(=O)OC(C)(C)C)ncnc1N1CCC(c2ccc3c(n2)NCCC3)CC1. The van der Waals surface area contributed by atoms with E-state index in [0.29, 0.717) is 24.8 Å². The summed E-state index contributed by atoms with van der Waals surface area (Å²) < 4.78 is 11.7. The van der Waals surface area contributed by atoms with Gasteiger partial charge in [-0.2, -0.15) is 0 Å². The van der Waals surface area contributed by atoms with Crippen molar-refractivity contribution in [3.63, 3.8) is 0 Å². The monoisotopic (exact) mass is 687 g/mol. The Bertz CT molecular complexity index is 1540. The van der Waals surface area contributed by atoms with Crippen LogP contribution in [0.1, 0.15) is 115 Å². The first kappa shape index (κ1) is 34.8. The van der Waals surface area contributed by atoms with Crippen molar-refractivity contribution in [3.8, 4) is 0 Å². The van der Waals surface area contributed by atoms with Crippen molar-refractivity contribution in [2.24, 2.45) is 23.2 Å². The number of esters is 1. The Hall–Kier alpha value is -3.63. The van der Waals surface area contributed by atoms with Crippen LogP contribution >= 0.6 is 0 Å². The predicted octanol–water partition coefficient (Wildman–Crippen LogP) is 6.63. The standard InChI is InChI=1S/C39H57N7O4/c1-5-30-34(42-24-43-35(30)46-16-12-26(13-17-46)31-11-10-27-9-7-15-40-33(27)44-31)41-22-32(36(47)50-38(2,3)4)45-37(48)49-23-39-14-6-8-28-18-25(20-39)19-29(28)21-39/h10-11,24-26,28-29,32H,5-9,12-23H2,1-4H3,(H,40,44)(H,45,48)(H,41,42,43)/t25?,28?,29?,32-,39?/m0/s1. The number of nitrogens with one attached hydrogen (secondary N) is 3. The third kappa shape index (κ3) is 7.81. The molecule has 3 aliphatic carbocycles. The number of piperidine rings is 1. The third-order valence-electron chi connectivity index (χ3n) is 12.0. The molecule has 3 bridgehead atoms. The van der Waals surface area contributed by atoms with Crippen LogP contribution in [0.4, 0.5) is 22.2 Å².